The summed E-state index contributed by atoms with van der Waals surface area (Å²) < 4.78 is 10.6. The monoisotopic (exact) mass is 386 g/mol. The molecule has 0 atom stereocenters. The Labute approximate surface area is 161 Å². The van der Waals surface area contributed by atoms with Gasteiger partial charge in [-0.2, -0.15) is 4.98 Å². The summed E-state index contributed by atoms with van der Waals surface area (Å²) in [6.07, 6.45) is 5.20. The van der Waals surface area contributed by atoms with Gasteiger partial charge in [-0.15, -0.1) is 0 Å². The van der Waals surface area contributed by atoms with E-state index in [2.05, 4.69) is 4.98 Å². The molecule has 1 aliphatic heterocycles. The summed E-state index contributed by atoms with van der Waals surface area (Å²) in [4.78, 5) is 36.3. The average Bonchev–Trinajstić information content (AvgIpc) is 3.26. The van der Waals surface area contributed by atoms with E-state index in [1.165, 1.54) is 6.26 Å². The maximum absolute atomic E-state index is 12.4. The number of fused-ring (bicyclic) bond motifs is 1. The van der Waals surface area contributed by atoms with Crippen LogP contribution in [0, 0.1) is 0 Å². The number of aliphatic carboxylic acids is 1. The Bertz CT molecular complexity index is 859. The number of anilines is 1. The molecule has 1 fully saturated rings. The van der Waals surface area contributed by atoms with Gasteiger partial charge in [-0.25, -0.2) is 9.78 Å². The van der Waals surface area contributed by atoms with Gasteiger partial charge in [-0.3, -0.25) is 4.79 Å². The predicted octanol–water partition coefficient (Wildman–Crippen LogP) is 1.37. The van der Waals surface area contributed by atoms with Crippen LogP contribution in [-0.4, -0.2) is 64.6 Å². The standard InChI is InChI=1S/C19H22N4O5/c24-16(25)12-28-17-13-4-1-2-5-14(13)20-19(21-17)23-9-7-22(8-10-23)18(26)15-6-3-11-27-15/h3,6,11H,1-2,4-5,7-10,12H2,(H,24,25). The molecular formula is C19H22N4O5. The Morgan fingerprint density at radius 1 is 1.14 bits per heavy atom. The zero-order chi connectivity index (χ0) is 19.5. The van der Waals surface area contributed by atoms with E-state index in [9.17, 15) is 9.59 Å². The number of carboxylic acids is 1. The van der Waals surface area contributed by atoms with Crippen LogP contribution in [-0.2, 0) is 17.6 Å². The van der Waals surface area contributed by atoms with Gasteiger partial charge >= 0.3 is 5.97 Å². The van der Waals surface area contributed by atoms with Crippen molar-refractivity contribution >= 4 is 17.8 Å². The van der Waals surface area contributed by atoms with Gasteiger partial charge in [-0.05, 0) is 37.8 Å². The number of carbonyl (C=O) groups is 2. The molecular weight excluding hydrogens is 364 g/mol. The lowest BCUT2D eigenvalue weighted by Crippen LogP contribution is -2.49. The number of furan rings is 1. The van der Waals surface area contributed by atoms with Crippen LogP contribution in [0.3, 0.4) is 0 Å². The SMILES string of the molecule is O=C(O)COc1nc(N2CCN(C(=O)c3ccco3)CC2)nc2c1CCCC2. The lowest BCUT2D eigenvalue weighted by atomic mass is 9.97. The molecule has 1 N–H and O–H groups in total. The maximum Gasteiger partial charge on any atom is 0.341 e. The number of aromatic nitrogens is 2. The van der Waals surface area contributed by atoms with Crippen LogP contribution in [0.4, 0.5) is 5.95 Å². The third-order valence-electron chi connectivity index (χ3n) is 5.05. The molecule has 0 bridgehead atoms. The second kappa shape index (κ2) is 7.87. The van der Waals surface area contributed by atoms with Crippen LogP contribution in [0.15, 0.2) is 22.8 Å². The largest absolute Gasteiger partial charge is 0.479 e. The van der Waals surface area contributed by atoms with Gasteiger partial charge in [0, 0.05) is 31.7 Å². The van der Waals surface area contributed by atoms with Gasteiger partial charge in [0.15, 0.2) is 12.4 Å². The second-order valence-corrected chi connectivity index (χ2v) is 6.90. The Kier molecular flexibility index (Phi) is 5.14. The maximum atomic E-state index is 12.4. The molecule has 2 aliphatic rings. The van der Waals surface area contributed by atoms with Crippen molar-refractivity contribution in [3.8, 4) is 5.88 Å². The quantitative estimate of drug-likeness (QED) is 0.821. The van der Waals surface area contributed by atoms with Crippen LogP contribution in [0.5, 0.6) is 5.88 Å². The lowest BCUT2D eigenvalue weighted by molar-refractivity contribution is -0.139. The Morgan fingerprint density at radius 2 is 1.93 bits per heavy atom. The first-order chi connectivity index (χ1) is 13.6. The summed E-state index contributed by atoms with van der Waals surface area (Å²) in [6.45, 7) is 1.82. The summed E-state index contributed by atoms with van der Waals surface area (Å²) in [6, 6.07) is 3.36. The molecule has 2 aromatic heterocycles. The summed E-state index contributed by atoms with van der Waals surface area (Å²) in [7, 11) is 0. The average molecular weight is 386 g/mol. The number of aryl methyl sites for hydroxylation is 1. The van der Waals surface area contributed by atoms with E-state index in [1.54, 1.807) is 17.0 Å². The summed E-state index contributed by atoms with van der Waals surface area (Å²) >= 11 is 0. The number of carboxylic acid groups (broad SMARTS) is 1. The summed E-state index contributed by atoms with van der Waals surface area (Å²) in [5.41, 5.74) is 1.86. The molecule has 9 heteroatoms. The van der Waals surface area contributed by atoms with E-state index < -0.39 is 12.6 Å². The van der Waals surface area contributed by atoms with Gasteiger partial charge in [0.25, 0.3) is 5.91 Å². The van der Waals surface area contributed by atoms with E-state index in [0.717, 1.165) is 36.9 Å². The van der Waals surface area contributed by atoms with Crippen molar-refractivity contribution in [2.45, 2.75) is 25.7 Å². The van der Waals surface area contributed by atoms with Crippen LogP contribution in [0.1, 0.15) is 34.7 Å². The molecule has 0 spiro atoms. The smallest absolute Gasteiger partial charge is 0.341 e. The Morgan fingerprint density at radius 3 is 2.64 bits per heavy atom. The number of piperazine rings is 1. The van der Waals surface area contributed by atoms with Crippen molar-refractivity contribution in [1.29, 1.82) is 0 Å². The van der Waals surface area contributed by atoms with Crippen molar-refractivity contribution < 1.29 is 23.8 Å². The lowest BCUT2D eigenvalue weighted by Gasteiger charge is -2.35. The minimum Gasteiger partial charge on any atom is -0.479 e. The molecule has 0 radical (unpaired) electrons. The highest BCUT2D eigenvalue weighted by Crippen LogP contribution is 2.29. The molecule has 1 saturated heterocycles. The molecule has 0 aromatic carbocycles. The first-order valence-corrected chi connectivity index (χ1v) is 9.44. The topological polar surface area (TPSA) is 109 Å². The predicted molar refractivity (Wildman–Crippen MR) is 98.6 cm³/mol. The van der Waals surface area contributed by atoms with E-state index in [4.69, 9.17) is 19.2 Å². The third-order valence-corrected chi connectivity index (χ3v) is 5.05. The number of nitrogens with zero attached hydrogens (tertiary/aromatic N) is 4. The first kappa shape index (κ1) is 18.3. The first-order valence-electron chi connectivity index (χ1n) is 9.44. The van der Waals surface area contributed by atoms with E-state index >= 15 is 0 Å². The number of carbonyl (C=O) groups excluding carboxylic acids is 1. The third kappa shape index (κ3) is 3.78. The molecule has 9 nitrogen and oxygen atoms in total. The van der Waals surface area contributed by atoms with Crippen molar-refractivity contribution in [2.75, 3.05) is 37.7 Å². The number of amides is 1. The van der Waals surface area contributed by atoms with Crippen LogP contribution < -0.4 is 9.64 Å². The molecule has 28 heavy (non-hydrogen) atoms. The fourth-order valence-corrected chi connectivity index (χ4v) is 3.60. The molecule has 0 saturated carbocycles. The van der Waals surface area contributed by atoms with Crippen molar-refractivity contribution in [3.63, 3.8) is 0 Å². The van der Waals surface area contributed by atoms with E-state index in [-0.39, 0.29) is 5.91 Å². The molecule has 148 valence electrons. The highest BCUT2D eigenvalue weighted by molar-refractivity contribution is 5.91. The fraction of sp³-hybridized carbons (Fsp3) is 0.474. The molecule has 4 rings (SSSR count). The van der Waals surface area contributed by atoms with Gasteiger partial charge in [0.2, 0.25) is 11.8 Å². The number of rotatable bonds is 5. The van der Waals surface area contributed by atoms with Crippen molar-refractivity contribution in [3.05, 3.63) is 35.4 Å². The minimum atomic E-state index is -1.03. The van der Waals surface area contributed by atoms with Crippen LogP contribution >= 0.6 is 0 Å². The number of hydrogen-bond acceptors (Lipinski definition) is 7. The summed E-state index contributed by atoms with van der Waals surface area (Å²) in [5.74, 6) is 0.0847. The van der Waals surface area contributed by atoms with Gasteiger partial charge in [0.1, 0.15) is 0 Å². The van der Waals surface area contributed by atoms with Crippen LogP contribution in [0.2, 0.25) is 0 Å². The van der Waals surface area contributed by atoms with E-state index in [1.807, 2.05) is 4.90 Å². The van der Waals surface area contributed by atoms with Crippen molar-refractivity contribution in [1.82, 2.24) is 14.9 Å². The molecule has 1 amide bonds. The van der Waals surface area contributed by atoms with Crippen LogP contribution in [0.25, 0.3) is 0 Å². The number of hydrogen-bond donors (Lipinski definition) is 1. The normalized spacial score (nSPS) is 16.6. The zero-order valence-electron chi connectivity index (χ0n) is 15.5. The van der Waals surface area contributed by atoms with Crippen molar-refractivity contribution in [2.24, 2.45) is 0 Å². The van der Waals surface area contributed by atoms with Gasteiger partial charge in [-0.1, -0.05) is 0 Å². The Hall–Kier alpha value is -3.10. The number of ether oxygens (including phenoxy) is 1. The molecule has 0 unspecified atom stereocenters. The fourth-order valence-electron chi connectivity index (χ4n) is 3.60. The van der Waals surface area contributed by atoms with E-state index in [0.29, 0.717) is 43.8 Å². The molecule has 2 aromatic rings. The Balaban J connectivity index is 1.49. The van der Waals surface area contributed by atoms with Gasteiger partial charge < -0.3 is 24.1 Å². The second-order valence-electron chi connectivity index (χ2n) is 6.90. The minimum absolute atomic E-state index is 0.124. The zero-order valence-corrected chi connectivity index (χ0v) is 15.5. The molecule has 3 heterocycles. The highest BCUT2D eigenvalue weighted by atomic mass is 16.5. The summed E-state index contributed by atoms with van der Waals surface area (Å²) in [5, 5.41) is 8.93. The highest BCUT2D eigenvalue weighted by Gasteiger charge is 2.27. The molecule has 1 aliphatic carbocycles. The van der Waals surface area contributed by atoms with Gasteiger partial charge in [0.05, 0.1) is 12.0 Å².